The summed E-state index contributed by atoms with van der Waals surface area (Å²) in [4.78, 5) is 0. The lowest BCUT2D eigenvalue weighted by Gasteiger charge is -2.21. The molecule has 0 spiro atoms. The largest absolute Gasteiger partial charge is 0.486 e. The predicted molar refractivity (Wildman–Crippen MR) is 86.6 cm³/mol. The second kappa shape index (κ2) is 6.13. The summed E-state index contributed by atoms with van der Waals surface area (Å²) in [7, 11) is 0. The molecule has 0 amide bonds. The Labute approximate surface area is 142 Å². The zero-order valence-electron chi connectivity index (χ0n) is 10.7. The molecule has 1 unspecified atom stereocenters. The molecule has 0 radical (unpaired) electrons. The third-order valence-electron chi connectivity index (χ3n) is 3.17. The number of hydrogen-bond acceptors (Lipinski definition) is 2. The summed E-state index contributed by atoms with van der Waals surface area (Å²) in [5.74, 6) is 1.28. The molecule has 0 bridgehead atoms. The lowest BCUT2D eigenvalue weighted by molar-refractivity contribution is 0.171. The zero-order chi connectivity index (χ0) is 15.0. The fourth-order valence-electron chi connectivity index (χ4n) is 2.12. The molecule has 2 aromatic rings. The molecule has 2 nitrogen and oxygen atoms in total. The van der Waals surface area contributed by atoms with Crippen LogP contribution in [-0.2, 0) is 0 Å². The summed E-state index contributed by atoms with van der Waals surface area (Å²) in [5.41, 5.74) is 1.55. The number of halogens is 4. The highest BCUT2D eigenvalue weighted by Crippen LogP contribution is 2.42. The third kappa shape index (κ3) is 3.04. The van der Waals surface area contributed by atoms with Gasteiger partial charge < -0.3 is 9.47 Å². The van der Waals surface area contributed by atoms with Gasteiger partial charge in [0.2, 0.25) is 0 Å². The number of fused-ring (bicyclic) bond motifs is 1. The van der Waals surface area contributed by atoms with Gasteiger partial charge in [-0.1, -0.05) is 40.9 Å². The monoisotopic (exact) mass is 362 g/mol. The average Bonchev–Trinajstić information content (AvgIpc) is 2.48. The van der Waals surface area contributed by atoms with Gasteiger partial charge in [0.25, 0.3) is 0 Å². The van der Waals surface area contributed by atoms with Crippen molar-refractivity contribution in [3.63, 3.8) is 0 Å². The second-order valence-electron chi connectivity index (χ2n) is 4.55. The van der Waals surface area contributed by atoms with Crippen LogP contribution in [-0.4, -0.2) is 13.2 Å². The van der Waals surface area contributed by atoms with E-state index in [0.29, 0.717) is 39.8 Å². The maximum atomic E-state index is 6.52. The highest BCUT2D eigenvalue weighted by Gasteiger charge is 2.21. The topological polar surface area (TPSA) is 18.5 Å². The molecule has 1 aliphatic heterocycles. The van der Waals surface area contributed by atoms with Gasteiger partial charge in [-0.3, -0.25) is 0 Å². The molecule has 3 rings (SSSR count). The summed E-state index contributed by atoms with van der Waals surface area (Å²) in [6.45, 7) is 1.02. The van der Waals surface area contributed by atoms with E-state index in [4.69, 9.17) is 55.9 Å². The standard InChI is InChI=1S/C15H10Cl4O2/c16-10-2-1-8(5-12(10)18)15(19)9-6-13-14(7-11(9)17)21-4-3-20-13/h1-2,5-7,15H,3-4H2. The summed E-state index contributed by atoms with van der Waals surface area (Å²) in [6.07, 6.45) is 0. The van der Waals surface area contributed by atoms with Gasteiger partial charge in [-0.2, -0.15) is 0 Å². The molecule has 0 aliphatic carbocycles. The fraction of sp³-hybridized carbons (Fsp3) is 0.200. The molecule has 0 saturated heterocycles. The van der Waals surface area contributed by atoms with E-state index >= 15 is 0 Å². The van der Waals surface area contributed by atoms with Gasteiger partial charge in [0.1, 0.15) is 13.2 Å². The van der Waals surface area contributed by atoms with Gasteiger partial charge in [-0.05, 0) is 29.3 Å². The fourth-order valence-corrected chi connectivity index (χ4v) is 3.06. The molecule has 1 atom stereocenters. The van der Waals surface area contributed by atoms with Crippen LogP contribution in [0.25, 0.3) is 0 Å². The van der Waals surface area contributed by atoms with Crippen molar-refractivity contribution in [1.82, 2.24) is 0 Å². The lowest BCUT2D eigenvalue weighted by Crippen LogP contribution is -2.15. The molecule has 110 valence electrons. The van der Waals surface area contributed by atoms with Crippen LogP contribution in [0.15, 0.2) is 30.3 Å². The van der Waals surface area contributed by atoms with Crippen LogP contribution < -0.4 is 9.47 Å². The van der Waals surface area contributed by atoms with Gasteiger partial charge in [0, 0.05) is 11.1 Å². The van der Waals surface area contributed by atoms with E-state index < -0.39 is 5.38 Å². The van der Waals surface area contributed by atoms with E-state index in [1.807, 2.05) is 6.07 Å². The van der Waals surface area contributed by atoms with E-state index in [1.165, 1.54) is 0 Å². The van der Waals surface area contributed by atoms with Crippen molar-refractivity contribution >= 4 is 46.4 Å². The quantitative estimate of drug-likeness (QED) is 0.632. The van der Waals surface area contributed by atoms with Crippen LogP contribution in [0.1, 0.15) is 16.5 Å². The first-order valence-electron chi connectivity index (χ1n) is 6.24. The molecule has 1 aliphatic rings. The maximum Gasteiger partial charge on any atom is 0.162 e. The SMILES string of the molecule is Clc1ccc(C(Cl)c2cc3c(cc2Cl)OCCO3)cc1Cl. The molecule has 0 aromatic heterocycles. The summed E-state index contributed by atoms with van der Waals surface area (Å²) >= 11 is 24.8. The smallest absolute Gasteiger partial charge is 0.162 e. The Kier molecular flexibility index (Phi) is 4.41. The zero-order valence-corrected chi connectivity index (χ0v) is 13.7. The minimum absolute atomic E-state index is 0.452. The number of rotatable bonds is 2. The summed E-state index contributed by atoms with van der Waals surface area (Å²) < 4.78 is 11.0. The van der Waals surface area contributed by atoms with E-state index in [1.54, 1.807) is 24.3 Å². The first-order chi connectivity index (χ1) is 10.1. The maximum absolute atomic E-state index is 6.52. The van der Waals surface area contributed by atoms with E-state index in [-0.39, 0.29) is 0 Å². The molecule has 0 fully saturated rings. The Morgan fingerprint density at radius 2 is 1.48 bits per heavy atom. The Balaban J connectivity index is 2.00. The molecule has 2 aromatic carbocycles. The molecular weight excluding hydrogens is 354 g/mol. The van der Waals surface area contributed by atoms with Gasteiger partial charge in [0.15, 0.2) is 11.5 Å². The highest BCUT2D eigenvalue weighted by atomic mass is 35.5. The Morgan fingerprint density at radius 1 is 0.810 bits per heavy atom. The van der Waals surface area contributed by atoms with Crippen molar-refractivity contribution in [2.24, 2.45) is 0 Å². The Hall–Kier alpha value is -0.800. The van der Waals surface area contributed by atoms with Gasteiger partial charge >= 0.3 is 0 Å². The third-order valence-corrected chi connectivity index (χ3v) is 4.72. The van der Waals surface area contributed by atoms with Crippen molar-refractivity contribution in [2.45, 2.75) is 5.38 Å². The summed E-state index contributed by atoms with van der Waals surface area (Å²) in [6, 6.07) is 8.78. The average molecular weight is 364 g/mol. The van der Waals surface area contributed by atoms with Crippen LogP contribution in [0, 0.1) is 0 Å². The second-order valence-corrected chi connectivity index (χ2v) is 6.21. The van der Waals surface area contributed by atoms with Crippen LogP contribution >= 0.6 is 46.4 Å². The first-order valence-corrected chi connectivity index (χ1v) is 7.81. The van der Waals surface area contributed by atoms with E-state index in [0.717, 1.165) is 11.1 Å². The van der Waals surface area contributed by atoms with Gasteiger partial charge in [0.05, 0.1) is 15.4 Å². The van der Waals surface area contributed by atoms with Crippen LogP contribution in [0.5, 0.6) is 11.5 Å². The Bertz CT molecular complexity index is 688. The van der Waals surface area contributed by atoms with Crippen molar-refractivity contribution in [3.8, 4) is 11.5 Å². The van der Waals surface area contributed by atoms with Crippen LogP contribution in [0.2, 0.25) is 15.1 Å². The highest BCUT2D eigenvalue weighted by molar-refractivity contribution is 6.42. The number of benzene rings is 2. The molecular formula is C15H10Cl4O2. The normalized spacial score (nSPS) is 14.9. The van der Waals surface area contributed by atoms with Crippen molar-refractivity contribution < 1.29 is 9.47 Å². The van der Waals surface area contributed by atoms with E-state index in [9.17, 15) is 0 Å². The molecule has 1 heterocycles. The van der Waals surface area contributed by atoms with Crippen molar-refractivity contribution in [1.29, 1.82) is 0 Å². The number of ether oxygens (including phenoxy) is 2. The molecule has 6 heteroatoms. The lowest BCUT2D eigenvalue weighted by atomic mass is 10.0. The van der Waals surface area contributed by atoms with Crippen molar-refractivity contribution in [3.05, 3.63) is 56.5 Å². The minimum Gasteiger partial charge on any atom is -0.486 e. The Morgan fingerprint density at radius 3 is 2.14 bits per heavy atom. The van der Waals surface area contributed by atoms with E-state index in [2.05, 4.69) is 0 Å². The molecule has 0 N–H and O–H groups in total. The first kappa shape index (κ1) is 15.1. The van der Waals surface area contributed by atoms with Crippen LogP contribution in [0.4, 0.5) is 0 Å². The molecule has 0 saturated carbocycles. The summed E-state index contributed by atoms with van der Waals surface area (Å²) in [5, 5.41) is 0.999. The van der Waals surface area contributed by atoms with Gasteiger partial charge in [-0.25, -0.2) is 0 Å². The van der Waals surface area contributed by atoms with Crippen molar-refractivity contribution in [2.75, 3.05) is 13.2 Å². The van der Waals surface area contributed by atoms with Crippen LogP contribution in [0.3, 0.4) is 0 Å². The predicted octanol–water partition coefficient (Wildman–Crippen LogP) is 5.75. The number of hydrogen-bond donors (Lipinski definition) is 0. The van der Waals surface area contributed by atoms with Gasteiger partial charge in [-0.15, -0.1) is 11.6 Å². The number of alkyl halides is 1. The minimum atomic E-state index is -0.455. The molecule has 21 heavy (non-hydrogen) atoms.